The monoisotopic (exact) mass is 657 g/mol. The summed E-state index contributed by atoms with van der Waals surface area (Å²) >= 11 is 0. The Bertz CT molecular complexity index is 1630. The van der Waals surface area contributed by atoms with E-state index in [0.29, 0.717) is 54.1 Å². The van der Waals surface area contributed by atoms with Crippen molar-refractivity contribution in [3.63, 3.8) is 0 Å². The number of aromatic nitrogens is 8. The van der Waals surface area contributed by atoms with Crippen LogP contribution in [-0.4, -0.2) is 103 Å². The zero-order valence-electron chi connectivity index (χ0n) is 27.7. The second-order valence-corrected chi connectivity index (χ2v) is 12.3. The molecular weight excluding hydrogens is 614 g/mol. The topological polar surface area (TPSA) is 163 Å². The molecule has 2 fully saturated rings. The summed E-state index contributed by atoms with van der Waals surface area (Å²) in [5.74, 6) is 1.41. The van der Waals surface area contributed by atoms with Gasteiger partial charge in [-0.2, -0.15) is 5.26 Å². The lowest BCUT2D eigenvalue weighted by Crippen LogP contribution is -2.45. The smallest absolute Gasteiger partial charge is 0.256 e. The molecule has 0 unspecified atom stereocenters. The molecule has 254 valence electrons. The van der Waals surface area contributed by atoms with Crippen LogP contribution in [0, 0.1) is 11.3 Å². The predicted molar refractivity (Wildman–Crippen MR) is 176 cm³/mol. The maximum absolute atomic E-state index is 9.66. The number of hydrogen-bond acceptors (Lipinski definition) is 13. The number of benzene rings is 1. The summed E-state index contributed by atoms with van der Waals surface area (Å²) in [7, 11) is 1.70. The molecule has 1 aliphatic carbocycles. The zero-order valence-corrected chi connectivity index (χ0v) is 27.7. The molecule has 1 saturated heterocycles. The molecule has 1 saturated carbocycles. The SMILES string of the molecule is CO[C@@H](C)CCOc1nn(C2CCC(N3CCOCC3)CC2)cc1Nc1ncc(-c2ccc(C#N)c(O[C@@H](C)Cn3cnnn3)c2)cn1. The molecule has 48 heavy (non-hydrogen) atoms. The van der Waals surface area contributed by atoms with E-state index in [2.05, 4.69) is 41.8 Å². The minimum absolute atomic E-state index is 0.0807. The quantitative estimate of drug-likeness (QED) is 0.207. The van der Waals surface area contributed by atoms with Crippen molar-refractivity contribution >= 4 is 11.6 Å². The van der Waals surface area contributed by atoms with E-state index in [1.165, 1.54) is 6.33 Å². The number of ether oxygens (including phenoxy) is 4. The third kappa shape index (κ3) is 8.43. The second kappa shape index (κ2) is 16.0. The van der Waals surface area contributed by atoms with Gasteiger partial charge in [-0.25, -0.2) is 14.6 Å². The molecule has 1 N–H and O–H groups in total. The average molecular weight is 658 g/mol. The highest BCUT2D eigenvalue weighted by molar-refractivity contribution is 5.67. The lowest BCUT2D eigenvalue weighted by Gasteiger charge is -2.38. The van der Waals surface area contributed by atoms with Crippen LogP contribution in [0.15, 0.2) is 43.1 Å². The van der Waals surface area contributed by atoms with Crippen LogP contribution in [0.5, 0.6) is 11.6 Å². The molecule has 0 amide bonds. The van der Waals surface area contributed by atoms with Gasteiger partial charge in [0.1, 0.15) is 29.9 Å². The van der Waals surface area contributed by atoms with E-state index in [4.69, 9.17) is 24.0 Å². The summed E-state index contributed by atoms with van der Waals surface area (Å²) in [6.45, 7) is 8.51. The fourth-order valence-corrected chi connectivity index (χ4v) is 6.16. The molecule has 0 bridgehead atoms. The van der Waals surface area contributed by atoms with Crippen LogP contribution >= 0.6 is 0 Å². The highest BCUT2D eigenvalue weighted by atomic mass is 16.5. The number of morpholine rings is 1. The molecule has 4 heterocycles. The van der Waals surface area contributed by atoms with E-state index in [9.17, 15) is 5.26 Å². The van der Waals surface area contributed by atoms with Gasteiger partial charge in [0.05, 0.1) is 50.3 Å². The third-order valence-corrected chi connectivity index (χ3v) is 8.96. The lowest BCUT2D eigenvalue weighted by molar-refractivity contribution is 0.00502. The van der Waals surface area contributed by atoms with Crippen molar-refractivity contribution in [3.05, 3.63) is 48.7 Å². The molecule has 4 aromatic rings. The first kappa shape index (κ1) is 33.3. The summed E-state index contributed by atoms with van der Waals surface area (Å²) in [5.41, 5.74) is 2.75. The summed E-state index contributed by atoms with van der Waals surface area (Å²) in [4.78, 5) is 11.8. The fraction of sp³-hybridized carbons (Fsp3) is 0.545. The Balaban J connectivity index is 1.14. The number of methoxy groups -OCH3 is 1. The van der Waals surface area contributed by atoms with Gasteiger partial charge in [-0.15, -0.1) is 10.2 Å². The Morgan fingerprint density at radius 1 is 1.04 bits per heavy atom. The summed E-state index contributed by atoms with van der Waals surface area (Å²) in [6, 6.07) is 8.52. The fourth-order valence-electron chi connectivity index (χ4n) is 6.16. The number of nitrogens with zero attached hydrogens (tertiary/aromatic N) is 10. The van der Waals surface area contributed by atoms with Gasteiger partial charge in [0.25, 0.3) is 5.88 Å². The van der Waals surface area contributed by atoms with Crippen LogP contribution in [0.3, 0.4) is 0 Å². The molecule has 0 spiro atoms. The van der Waals surface area contributed by atoms with Crippen LogP contribution in [0.25, 0.3) is 11.1 Å². The number of rotatable bonds is 14. The van der Waals surface area contributed by atoms with Gasteiger partial charge in [0.2, 0.25) is 5.95 Å². The second-order valence-electron chi connectivity index (χ2n) is 12.3. The van der Waals surface area contributed by atoms with Gasteiger partial charge in [0.15, 0.2) is 0 Å². The predicted octanol–water partition coefficient (Wildman–Crippen LogP) is 4.03. The van der Waals surface area contributed by atoms with E-state index < -0.39 is 0 Å². The van der Waals surface area contributed by atoms with Gasteiger partial charge in [0, 0.05) is 50.6 Å². The molecule has 15 nitrogen and oxygen atoms in total. The first-order valence-corrected chi connectivity index (χ1v) is 16.6. The molecule has 1 aromatic carbocycles. The van der Waals surface area contributed by atoms with Crippen molar-refractivity contribution in [2.45, 2.75) is 76.8 Å². The maximum atomic E-state index is 9.66. The molecular formula is C33H43N11O4. The van der Waals surface area contributed by atoms with Crippen molar-refractivity contribution in [1.82, 2.24) is 44.9 Å². The molecule has 2 atom stereocenters. The Labute approximate surface area is 280 Å². The highest BCUT2D eigenvalue weighted by Crippen LogP contribution is 2.35. The summed E-state index contributed by atoms with van der Waals surface area (Å²) in [5, 5.41) is 29.1. The van der Waals surface area contributed by atoms with Gasteiger partial charge >= 0.3 is 0 Å². The van der Waals surface area contributed by atoms with Gasteiger partial charge in [-0.1, -0.05) is 6.07 Å². The third-order valence-electron chi connectivity index (χ3n) is 8.96. The average Bonchev–Trinajstić information content (AvgIpc) is 3.79. The first-order chi connectivity index (χ1) is 23.5. The number of anilines is 2. The van der Waals surface area contributed by atoms with Gasteiger partial charge in [-0.3, -0.25) is 9.58 Å². The van der Waals surface area contributed by atoms with E-state index in [-0.39, 0.29) is 12.2 Å². The van der Waals surface area contributed by atoms with Crippen LogP contribution in [0.2, 0.25) is 0 Å². The Kier molecular flexibility index (Phi) is 11.1. The van der Waals surface area contributed by atoms with Crippen LogP contribution in [0.4, 0.5) is 11.6 Å². The number of nitriles is 1. The van der Waals surface area contributed by atoms with E-state index in [1.807, 2.05) is 36.9 Å². The Morgan fingerprint density at radius 2 is 1.81 bits per heavy atom. The molecule has 6 rings (SSSR count). The number of hydrogen-bond donors (Lipinski definition) is 1. The van der Waals surface area contributed by atoms with E-state index in [1.54, 1.807) is 30.3 Å². The molecule has 15 heteroatoms. The van der Waals surface area contributed by atoms with Crippen molar-refractivity contribution in [2.75, 3.05) is 45.3 Å². The van der Waals surface area contributed by atoms with Crippen molar-refractivity contribution < 1.29 is 18.9 Å². The first-order valence-electron chi connectivity index (χ1n) is 16.6. The van der Waals surface area contributed by atoms with E-state index in [0.717, 1.165) is 69.5 Å². The Morgan fingerprint density at radius 3 is 2.52 bits per heavy atom. The van der Waals surface area contributed by atoms with Crippen LogP contribution in [0.1, 0.15) is 57.6 Å². The van der Waals surface area contributed by atoms with Crippen LogP contribution < -0.4 is 14.8 Å². The van der Waals surface area contributed by atoms with Gasteiger partial charge < -0.3 is 24.3 Å². The maximum Gasteiger partial charge on any atom is 0.256 e. The van der Waals surface area contributed by atoms with Crippen molar-refractivity contribution in [2.24, 2.45) is 0 Å². The number of tetrazole rings is 1. The summed E-state index contributed by atoms with van der Waals surface area (Å²) < 4.78 is 26.8. The van der Waals surface area contributed by atoms with Crippen LogP contribution in [-0.2, 0) is 16.0 Å². The van der Waals surface area contributed by atoms with Gasteiger partial charge in [-0.05, 0) is 67.7 Å². The standard InChI is InChI=1S/C33H43N11O4/c1-23(45-3)10-13-47-32-30(21-44(39-32)29-8-6-28(7-9-29)42-11-14-46-15-12-42)38-33-35-18-27(19-36-33)25-4-5-26(17-34)31(16-25)48-24(2)20-43-22-37-40-41-43/h4-5,16,18-19,21-24,28-29H,6-15,20H2,1-3H3,(H,35,36,38)/t23-,24-,28?,29?/m0/s1. The summed E-state index contributed by atoms with van der Waals surface area (Å²) in [6.07, 6.45) is 12.0. The molecule has 3 aromatic heterocycles. The lowest BCUT2D eigenvalue weighted by atomic mass is 9.90. The molecule has 2 aliphatic rings. The molecule has 0 radical (unpaired) electrons. The largest absolute Gasteiger partial charge is 0.487 e. The molecule has 1 aliphatic heterocycles. The highest BCUT2D eigenvalue weighted by Gasteiger charge is 2.29. The Hall–Kier alpha value is -4.65. The minimum Gasteiger partial charge on any atom is -0.487 e. The number of nitrogens with one attached hydrogen (secondary N) is 1. The van der Waals surface area contributed by atoms with Crippen molar-refractivity contribution in [1.29, 1.82) is 5.26 Å². The zero-order chi connectivity index (χ0) is 33.3. The minimum atomic E-state index is -0.270. The van der Waals surface area contributed by atoms with Crippen molar-refractivity contribution in [3.8, 4) is 28.8 Å². The normalized spacial score (nSPS) is 19.7. The van der Waals surface area contributed by atoms with E-state index >= 15 is 0 Å².